The van der Waals surface area contributed by atoms with Crippen molar-refractivity contribution in [1.82, 2.24) is 0 Å². The first-order valence-electron chi connectivity index (χ1n) is 3.21. The molecule has 2 aliphatic rings. The first-order valence-corrected chi connectivity index (χ1v) is 3.21. The monoisotopic (exact) mass is 123 g/mol. The van der Waals surface area contributed by atoms with Crippen LogP contribution in [0.15, 0.2) is 4.99 Å². The van der Waals surface area contributed by atoms with E-state index in [1.807, 2.05) is 0 Å². The van der Waals surface area contributed by atoms with Crippen LogP contribution in [0.25, 0.3) is 0 Å². The number of rotatable bonds is 0. The van der Waals surface area contributed by atoms with Gasteiger partial charge in [0.25, 0.3) is 0 Å². The van der Waals surface area contributed by atoms with Crippen molar-refractivity contribution in [2.24, 2.45) is 22.6 Å². The predicted molar refractivity (Wildman–Crippen MR) is 35.6 cm³/mol. The Morgan fingerprint density at radius 3 is 2.33 bits per heavy atom. The summed E-state index contributed by atoms with van der Waals surface area (Å²) >= 11 is 0. The first kappa shape index (κ1) is 4.97. The molecule has 3 nitrogen and oxygen atoms in total. The third kappa shape index (κ3) is 0.465. The highest BCUT2D eigenvalue weighted by atomic mass is 15.0. The third-order valence-corrected chi connectivity index (χ3v) is 2.26. The minimum Gasteiger partial charge on any atom is -0.387 e. The van der Waals surface area contributed by atoms with Crippen LogP contribution in [0.5, 0.6) is 0 Å². The molecule has 0 aromatic rings. The van der Waals surface area contributed by atoms with Gasteiger partial charge in [-0.15, -0.1) is 0 Å². The highest BCUT2D eigenvalue weighted by molar-refractivity contribution is 6.05. The van der Waals surface area contributed by atoms with E-state index in [0.29, 0.717) is 23.5 Å². The summed E-state index contributed by atoms with van der Waals surface area (Å²) in [4.78, 5) is 3.89. The van der Waals surface area contributed by atoms with Crippen LogP contribution in [-0.4, -0.2) is 11.7 Å². The van der Waals surface area contributed by atoms with Gasteiger partial charge in [-0.05, 0) is 12.8 Å². The zero-order chi connectivity index (χ0) is 6.43. The molecule has 48 valence electrons. The number of hydrogen-bond acceptors (Lipinski definition) is 2. The van der Waals surface area contributed by atoms with Crippen molar-refractivity contribution in [3.05, 3.63) is 0 Å². The molecule has 1 fully saturated rings. The van der Waals surface area contributed by atoms with Crippen molar-refractivity contribution in [1.29, 1.82) is 5.41 Å². The highest BCUT2D eigenvalue weighted by Gasteiger charge is 2.41. The normalized spacial score (nSPS) is 39.6. The third-order valence-electron chi connectivity index (χ3n) is 2.26. The van der Waals surface area contributed by atoms with E-state index >= 15 is 0 Å². The number of aliphatic imine (C=N–C) groups is 1. The van der Waals surface area contributed by atoms with Crippen molar-refractivity contribution in [3.8, 4) is 0 Å². The molecule has 0 bridgehead atoms. The summed E-state index contributed by atoms with van der Waals surface area (Å²) in [5, 5.41) is 7.30. The lowest BCUT2D eigenvalue weighted by molar-refractivity contribution is 0.339. The molecular weight excluding hydrogens is 114 g/mol. The lowest BCUT2D eigenvalue weighted by Crippen LogP contribution is -2.34. The maximum atomic E-state index is 7.30. The van der Waals surface area contributed by atoms with Crippen molar-refractivity contribution in [3.63, 3.8) is 0 Å². The van der Waals surface area contributed by atoms with Gasteiger partial charge in [-0.3, -0.25) is 5.41 Å². The van der Waals surface area contributed by atoms with Crippen molar-refractivity contribution < 1.29 is 0 Å². The first-order chi connectivity index (χ1) is 4.29. The van der Waals surface area contributed by atoms with Crippen LogP contribution >= 0.6 is 0 Å². The molecule has 3 N–H and O–H groups in total. The summed E-state index contributed by atoms with van der Waals surface area (Å²) < 4.78 is 0. The van der Waals surface area contributed by atoms with Gasteiger partial charge in [-0.1, -0.05) is 0 Å². The fraction of sp³-hybridized carbons (Fsp3) is 0.667. The summed E-state index contributed by atoms with van der Waals surface area (Å²) in [6, 6.07) is 0. The smallest absolute Gasteiger partial charge is 0.126 e. The van der Waals surface area contributed by atoms with E-state index in [0.717, 1.165) is 12.8 Å². The van der Waals surface area contributed by atoms with Gasteiger partial charge in [-0.2, -0.15) is 0 Å². The zero-order valence-corrected chi connectivity index (χ0v) is 5.09. The van der Waals surface area contributed by atoms with E-state index in [2.05, 4.69) is 4.99 Å². The Bertz CT molecular complexity index is 194. The van der Waals surface area contributed by atoms with Gasteiger partial charge in [0.15, 0.2) is 0 Å². The van der Waals surface area contributed by atoms with Crippen LogP contribution in [0.1, 0.15) is 12.8 Å². The molecule has 2 atom stereocenters. The van der Waals surface area contributed by atoms with Gasteiger partial charge in [0, 0.05) is 11.8 Å². The largest absolute Gasteiger partial charge is 0.387 e. The van der Waals surface area contributed by atoms with Crippen LogP contribution in [-0.2, 0) is 0 Å². The number of nitrogens with two attached hydrogens (primary N) is 1. The van der Waals surface area contributed by atoms with Gasteiger partial charge in [0.05, 0.1) is 0 Å². The molecular formula is C6H9N3. The lowest BCUT2D eigenvalue weighted by Gasteiger charge is -2.28. The average molecular weight is 123 g/mol. The van der Waals surface area contributed by atoms with Gasteiger partial charge in [0.2, 0.25) is 0 Å². The molecule has 9 heavy (non-hydrogen) atoms. The molecule has 3 heteroatoms. The topological polar surface area (TPSA) is 62.2 Å². The van der Waals surface area contributed by atoms with E-state index in [1.54, 1.807) is 0 Å². The van der Waals surface area contributed by atoms with Crippen LogP contribution in [0.2, 0.25) is 0 Å². The molecule has 0 saturated heterocycles. The molecule has 1 saturated carbocycles. The summed E-state index contributed by atoms with van der Waals surface area (Å²) in [6.45, 7) is 0. The maximum absolute atomic E-state index is 7.30. The van der Waals surface area contributed by atoms with E-state index in [1.165, 1.54) is 0 Å². The Morgan fingerprint density at radius 1 is 1.44 bits per heavy atom. The molecule has 1 aliphatic heterocycles. The number of nitrogens with zero attached hydrogens (tertiary/aromatic N) is 1. The molecule has 1 heterocycles. The molecule has 1 aliphatic carbocycles. The van der Waals surface area contributed by atoms with Crippen molar-refractivity contribution >= 4 is 11.7 Å². The van der Waals surface area contributed by atoms with Crippen LogP contribution < -0.4 is 5.73 Å². The average Bonchev–Trinajstić information content (AvgIpc) is 1.73. The molecule has 0 amide bonds. The number of fused-ring (bicyclic) bond motifs is 1. The maximum Gasteiger partial charge on any atom is 0.126 e. The van der Waals surface area contributed by atoms with E-state index in [-0.39, 0.29) is 0 Å². The molecule has 0 aromatic carbocycles. The Morgan fingerprint density at radius 2 is 2.11 bits per heavy atom. The molecule has 0 aromatic heterocycles. The van der Waals surface area contributed by atoms with Crippen LogP contribution in [0.3, 0.4) is 0 Å². The van der Waals surface area contributed by atoms with Gasteiger partial charge in [-0.25, -0.2) is 4.99 Å². The fourth-order valence-electron chi connectivity index (χ4n) is 1.49. The van der Waals surface area contributed by atoms with E-state index < -0.39 is 0 Å². The Labute approximate surface area is 53.5 Å². The van der Waals surface area contributed by atoms with Crippen LogP contribution in [0.4, 0.5) is 0 Å². The quantitative estimate of drug-likeness (QED) is 0.480. The Hall–Kier alpha value is -0.860. The SMILES string of the molecule is N=C1N=C(N)C2CCC12. The number of amidine groups is 2. The molecule has 2 rings (SSSR count). The Kier molecular flexibility index (Phi) is 0.743. The molecule has 2 unspecified atom stereocenters. The minimum absolute atomic E-state index is 0.394. The second kappa shape index (κ2) is 1.35. The second-order valence-corrected chi connectivity index (χ2v) is 2.71. The van der Waals surface area contributed by atoms with E-state index in [4.69, 9.17) is 11.1 Å². The fourth-order valence-corrected chi connectivity index (χ4v) is 1.49. The minimum atomic E-state index is 0.394. The van der Waals surface area contributed by atoms with Gasteiger partial charge in [0.1, 0.15) is 11.7 Å². The zero-order valence-electron chi connectivity index (χ0n) is 5.09. The summed E-state index contributed by atoms with van der Waals surface area (Å²) in [5.74, 6) is 2.03. The standard InChI is InChI=1S/C6H9N3/c7-5-3-1-2-4(3)6(8)9-5/h3-4H,1-2H2,(H3,7,8,9). The molecule has 0 spiro atoms. The highest BCUT2D eigenvalue weighted by Crippen LogP contribution is 2.39. The van der Waals surface area contributed by atoms with Crippen molar-refractivity contribution in [2.75, 3.05) is 0 Å². The van der Waals surface area contributed by atoms with Crippen molar-refractivity contribution in [2.45, 2.75) is 12.8 Å². The number of hydrogen-bond donors (Lipinski definition) is 2. The second-order valence-electron chi connectivity index (χ2n) is 2.71. The van der Waals surface area contributed by atoms with Crippen LogP contribution in [0, 0.1) is 17.2 Å². The summed E-state index contributed by atoms with van der Waals surface area (Å²) in [5.41, 5.74) is 5.52. The lowest BCUT2D eigenvalue weighted by atomic mass is 9.74. The van der Waals surface area contributed by atoms with Gasteiger partial charge >= 0.3 is 0 Å². The molecule has 0 radical (unpaired) electrons. The predicted octanol–water partition coefficient (Wildman–Crippen LogP) is 0.361. The number of nitrogens with one attached hydrogen (secondary N) is 1. The summed E-state index contributed by atoms with van der Waals surface area (Å²) in [7, 11) is 0. The summed E-state index contributed by atoms with van der Waals surface area (Å²) in [6.07, 6.45) is 2.26. The van der Waals surface area contributed by atoms with Gasteiger partial charge < -0.3 is 5.73 Å². The Balaban J connectivity index is 2.29. The van der Waals surface area contributed by atoms with E-state index in [9.17, 15) is 0 Å².